The number of aromatic amines is 1. The Bertz CT molecular complexity index is 520. The van der Waals surface area contributed by atoms with Gasteiger partial charge in [-0.25, -0.2) is 8.78 Å². The highest BCUT2D eigenvalue weighted by Crippen LogP contribution is 2.12. The molecular formula is C12H11F2N3O. The number of amides is 1. The van der Waals surface area contributed by atoms with Crippen molar-refractivity contribution in [1.82, 2.24) is 15.5 Å². The van der Waals surface area contributed by atoms with Gasteiger partial charge in [0.1, 0.15) is 11.6 Å². The van der Waals surface area contributed by atoms with Crippen molar-refractivity contribution in [2.24, 2.45) is 0 Å². The van der Waals surface area contributed by atoms with Crippen LogP contribution in [-0.2, 0) is 17.8 Å². The molecule has 94 valence electrons. The quantitative estimate of drug-likeness (QED) is 0.866. The molecule has 2 aromatic rings. The normalized spacial score (nSPS) is 10.3. The first-order valence-electron chi connectivity index (χ1n) is 5.34. The van der Waals surface area contributed by atoms with Gasteiger partial charge in [-0.1, -0.05) is 6.07 Å². The Labute approximate surface area is 102 Å². The van der Waals surface area contributed by atoms with Crippen molar-refractivity contribution in [3.63, 3.8) is 0 Å². The van der Waals surface area contributed by atoms with Crippen LogP contribution in [0.25, 0.3) is 0 Å². The van der Waals surface area contributed by atoms with E-state index in [4.69, 9.17) is 0 Å². The molecule has 1 aromatic carbocycles. The van der Waals surface area contributed by atoms with E-state index in [1.165, 1.54) is 6.07 Å². The molecular weight excluding hydrogens is 240 g/mol. The van der Waals surface area contributed by atoms with Crippen molar-refractivity contribution in [2.75, 3.05) is 0 Å². The van der Waals surface area contributed by atoms with E-state index in [0.29, 0.717) is 0 Å². The fraction of sp³-hybridized carbons (Fsp3) is 0.167. The lowest BCUT2D eigenvalue weighted by molar-refractivity contribution is -0.120. The lowest BCUT2D eigenvalue weighted by Gasteiger charge is -2.05. The Balaban J connectivity index is 1.95. The van der Waals surface area contributed by atoms with Crippen LogP contribution in [-0.4, -0.2) is 16.1 Å². The van der Waals surface area contributed by atoms with Crippen LogP contribution in [0.1, 0.15) is 11.1 Å². The van der Waals surface area contributed by atoms with E-state index >= 15 is 0 Å². The van der Waals surface area contributed by atoms with Gasteiger partial charge in [0.25, 0.3) is 0 Å². The molecule has 4 nitrogen and oxygen atoms in total. The number of carbonyl (C=O) groups excluding carboxylic acids is 1. The zero-order valence-electron chi connectivity index (χ0n) is 9.41. The summed E-state index contributed by atoms with van der Waals surface area (Å²) in [5.41, 5.74) is 0.569. The van der Waals surface area contributed by atoms with Crippen LogP contribution >= 0.6 is 0 Å². The number of H-pyrrole nitrogens is 1. The van der Waals surface area contributed by atoms with Crippen LogP contribution in [0.5, 0.6) is 0 Å². The third kappa shape index (κ3) is 2.91. The number of aromatic nitrogens is 2. The maximum absolute atomic E-state index is 13.3. The molecule has 0 atom stereocenters. The predicted octanol–water partition coefficient (Wildman–Crippen LogP) is 1.55. The highest BCUT2D eigenvalue weighted by Gasteiger charge is 2.12. The Morgan fingerprint density at radius 1 is 1.33 bits per heavy atom. The largest absolute Gasteiger partial charge is 0.352 e. The van der Waals surface area contributed by atoms with E-state index < -0.39 is 17.5 Å². The fourth-order valence-electron chi connectivity index (χ4n) is 1.50. The van der Waals surface area contributed by atoms with E-state index in [0.717, 1.165) is 17.7 Å². The minimum absolute atomic E-state index is 0.220. The van der Waals surface area contributed by atoms with Gasteiger partial charge in [-0.05, 0) is 12.1 Å². The second-order valence-electron chi connectivity index (χ2n) is 3.76. The minimum atomic E-state index is -0.714. The third-order valence-electron chi connectivity index (χ3n) is 2.44. The van der Waals surface area contributed by atoms with Gasteiger partial charge >= 0.3 is 0 Å². The Morgan fingerprint density at radius 3 is 2.67 bits per heavy atom. The summed E-state index contributed by atoms with van der Waals surface area (Å²) in [7, 11) is 0. The molecule has 2 N–H and O–H groups in total. The molecule has 0 radical (unpaired) electrons. The lowest BCUT2D eigenvalue weighted by Crippen LogP contribution is -2.25. The van der Waals surface area contributed by atoms with Crippen molar-refractivity contribution in [1.29, 1.82) is 0 Å². The molecule has 0 spiro atoms. The number of carbonyl (C=O) groups is 1. The summed E-state index contributed by atoms with van der Waals surface area (Å²) >= 11 is 0. The number of benzene rings is 1. The summed E-state index contributed by atoms with van der Waals surface area (Å²) in [6.45, 7) is 0.269. The van der Waals surface area contributed by atoms with Crippen LogP contribution in [0.3, 0.4) is 0 Å². The fourth-order valence-corrected chi connectivity index (χ4v) is 1.50. The first-order valence-corrected chi connectivity index (χ1v) is 5.34. The standard InChI is InChI=1S/C12H11F2N3O/c13-10-2-1-3-11(14)9(10)4-12(18)15-5-8-6-16-17-7-8/h1-3,6-7H,4-5H2,(H,15,18)(H,16,17). The van der Waals surface area contributed by atoms with E-state index in [-0.39, 0.29) is 18.5 Å². The average molecular weight is 251 g/mol. The second-order valence-corrected chi connectivity index (χ2v) is 3.76. The van der Waals surface area contributed by atoms with Gasteiger partial charge in [0.15, 0.2) is 0 Å². The summed E-state index contributed by atoms with van der Waals surface area (Å²) in [6.07, 6.45) is 2.87. The van der Waals surface area contributed by atoms with E-state index in [1.807, 2.05) is 0 Å². The van der Waals surface area contributed by atoms with Gasteiger partial charge in [-0.2, -0.15) is 5.10 Å². The van der Waals surface area contributed by atoms with Crippen LogP contribution in [0.15, 0.2) is 30.6 Å². The third-order valence-corrected chi connectivity index (χ3v) is 2.44. The first-order chi connectivity index (χ1) is 8.66. The maximum atomic E-state index is 13.3. The first kappa shape index (κ1) is 12.2. The van der Waals surface area contributed by atoms with Crippen LogP contribution in [0.4, 0.5) is 8.78 Å². The molecule has 1 heterocycles. The molecule has 1 amide bonds. The maximum Gasteiger partial charge on any atom is 0.224 e. The summed E-state index contributed by atoms with van der Waals surface area (Å²) in [6, 6.07) is 3.51. The van der Waals surface area contributed by atoms with Crippen molar-refractivity contribution < 1.29 is 13.6 Å². The number of nitrogens with zero attached hydrogens (tertiary/aromatic N) is 1. The van der Waals surface area contributed by atoms with Gasteiger partial charge in [-0.3, -0.25) is 9.89 Å². The molecule has 0 unspecified atom stereocenters. The smallest absolute Gasteiger partial charge is 0.224 e. The van der Waals surface area contributed by atoms with Gasteiger partial charge < -0.3 is 5.32 Å². The van der Waals surface area contributed by atoms with Crippen molar-refractivity contribution >= 4 is 5.91 Å². The van der Waals surface area contributed by atoms with Crippen LogP contribution in [0.2, 0.25) is 0 Å². The number of hydrogen-bond acceptors (Lipinski definition) is 2. The minimum Gasteiger partial charge on any atom is -0.352 e. The molecule has 2 rings (SSSR count). The molecule has 6 heteroatoms. The van der Waals surface area contributed by atoms with Gasteiger partial charge in [-0.15, -0.1) is 0 Å². The summed E-state index contributed by atoms with van der Waals surface area (Å²) in [5, 5.41) is 8.87. The summed E-state index contributed by atoms with van der Waals surface area (Å²) in [5.74, 6) is -1.87. The van der Waals surface area contributed by atoms with Gasteiger partial charge in [0.05, 0.1) is 12.6 Å². The molecule has 0 aliphatic heterocycles. The molecule has 18 heavy (non-hydrogen) atoms. The molecule has 0 saturated carbocycles. The Kier molecular flexibility index (Phi) is 3.66. The van der Waals surface area contributed by atoms with E-state index in [1.54, 1.807) is 12.4 Å². The van der Waals surface area contributed by atoms with Crippen LogP contribution in [0, 0.1) is 11.6 Å². The Morgan fingerprint density at radius 2 is 2.06 bits per heavy atom. The summed E-state index contributed by atoms with van der Waals surface area (Å²) < 4.78 is 26.6. The monoisotopic (exact) mass is 251 g/mol. The molecule has 1 aromatic heterocycles. The number of nitrogens with one attached hydrogen (secondary N) is 2. The number of halogens is 2. The van der Waals surface area contributed by atoms with Crippen molar-refractivity contribution in [3.05, 3.63) is 53.4 Å². The zero-order chi connectivity index (χ0) is 13.0. The topological polar surface area (TPSA) is 57.8 Å². The molecule has 0 fully saturated rings. The van der Waals surface area contributed by atoms with Crippen LogP contribution < -0.4 is 5.32 Å². The van der Waals surface area contributed by atoms with Crippen molar-refractivity contribution in [3.8, 4) is 0 Å². The predicted molar refractivity (Wildman–Crippen MR) is 60.5 cm³/mol. The lowest BCUT2D eigenvalue weighted by atomic mass is 10.1. The number of hydrogen-bond donors (Lipinski definition) is 2. The van der Waals surface area contributed by atoms with Gasteiger partial charge in [0.2, 0.25) is 5.91 Å². The van der Waals surface area contributed by atoms with E-state index in [9.17, 15) is 13.6 Å². The highest BCUT2D eigenvalue weighted by atomic mass is 19.1. The second kappa shape index (κ2) is 5.39. The molecule has 0 saturated heterocycles. The van der Waals surface area contributed by atoms with Gasteiger partial charge in [0, 0.05) is 23.9 Å². The molecule has 0 aliphatic rings. The Hall–Kier alpha value is -2.24. The molecule has 0 bridgehead atoms. The SMILES string of the molecule is O=C(Cc1c(F)cccc1F)NCc1cn[nH]c1. The average Bonchev–Trinajstić information content (AvgIpc) is 2.84. The van der Waals surface area contributed by atoms with E-state index in [2.05, 4.69) is 15.5 Å². The van der Waals surface area contributed by atoms with Crippen molar-refractivity contribution in [2.45, 2.75) is 13.0 Å². The number of rotatable bonds is 4. The summed E-state index contributed by atoms with van der Waals surface area (Å²) in [4.78, 5) is 11.5. The molecule has 0 aliphatic carbocycles. The zero-order valence-corrected chi connectivity index (χ0v) is 9.41. The highest BCUT2D eigenvalue weighted by molar-refractivity contribution is 5.78.